The van der Waals surface area contributed by atoms with Gasteiger partial charge >= 0.3 is 12.1 Å². The summed E-state index contributed by atoms with van der Waals surface area (Å²) in [5.74, 6) is -0.793. The van der Waals surface area contributed by atoms with Crippen LogP contribution in [-0.2, 0) is 13.6 Å². The highest BCUT2D eigenvalue weighted by Gasteiger charge is 2.32. The molecule has 0 bridgehead atoms. The van der Waals surface area contributed by atoms with E-state index in [1.807, 2.05) is 0 Å². The van der Waals surface area contributed by atoms with Crippen LogP contribution in [0.1, 0.15) is 29.2 Å². The highest BCUT2D eigenvalue weighted by atomic mass is 79.9. The number of rotatable bonds is 11. The van der Waals surface area contributed by atoms with Crippen molar-refractivity contribution in [3.8, 4) is 17.0 Å². The summed E-state index contributed by atoms with van der Waals surface area (Å²) in [6.45, 7) is -1.20. The van der Waals surface area contributed by atoms with Crippen LogP contribution in [0.15, 0.2) is 45.9 Å². The van der Waals surface area contributed by atoms with Crippen LogP contribution in [-0.4, -0.2) is 72.3 Å². The van der Waals surface area contributed by atoms with Gasteiger partial charge in [0.1, 0.15) is 6.61 Å². The number of nitrogen functional groups attached to an aromatic ring is 1. The third kappa shape index (κ3) is 6.40. The average Bonchev–Trinajstić information content (AvgIpc) is 3.58. The first-order valence-electron chi connectivity index (χ1n) is 12.8. The molecule has 15 heteroatoms. The molecule has 41 heavy (non-hydrogen) atoms. The Balaban J connectivity index is 1.36. The number of fused-ring (bicyclic) bond motifs is 1. The molecule has 0 aliphatic heterocycles. The van der Waals surface area contributed by atoms with Crippen molar-refractivity contribution < 1.29 is 27.8 Å². The maximum Gasteiger partial charge on any atom is 0.401 e. The summed E-state index contributed by atoms with van der Waals surface area (Å²) in [5, 5.41) is 13.8. The number of hydrogen-bond acceptors (Lipinski definition) is 7. The first-order chi connectivity index (χ1) is 19.4. The van der Waals surface area contributed by atoms with Gasteiger partial charge in [-0.1, -0.05) is 15.9 Å². The van der Waals surface area contributed by atoms with Crippen LogP contribution in [0.3, 0.4) is 0 Å². The van der Waals surface area contributed by atoms with E-state index >= 15 is 0 Å². The summed E-state index contributed by atoms with van der Waals surface area (Å²) in [4.78, 5) is 30.0. The monoisotopic (exact) mass is 637 g/mol. The molecule has 5 rings (SSSR count). The zero-order valence-corrected chi connectivity index (χ0v) is 23.5. The summed E-state index contributed by atoms with van der Waals surface area (Å²) in [7, 11) is 1.44. The smallest absolute Gasteiger partial charge is 0.401 e. The van der Waals surface area contributed by atoms with Gasteiger partial charge in [-0.2, -0.15) is 18.3 Å². The molecular formula is C26H27BrF3N7O4. The van der Waals surface area contributed by atoms with Gasteiger partial charge in [0.05, 0.1) is 46.5 Å². The van der Waals surface area contributed by atoms with Crippen LogP contribution in [0, 0.1) is 0 Å². The van der Waals surface area contributed by atoms with Crippen molar-refractivity contribution >= 4 is 38.9 Å². The first kappa shape index (κ1) is 28.7. The molecule has 1 fully saturated rings. The number of carboxylic acids is 1. The first-order valence-corrected chi connectivity index (χ1v) is 13.6. The summed E-state index contributed by atoms with van der Waals surface area (Å²) in [5.41, 5.74) is 7.20. The Hall–Kier alpha value is -3.85. The summed E-state index contributed by atoms with van der Waals surface area (Å²) in [6, 6.07) is 6.67. The fourth-order valence-corrected chi connectivity index (χ4v) is 5.02. The second-order valence-electron chi connectivity index (χ2n) is 9.90. The Kier molecular flexibility index (Phi) is 7.83. The van der Waals surface area contributed by atoms with Crippen LogP contribution in [0.5, 0.6) is 5.88 Å². The number of nitrogens with zero attached hydrogens (tertiary/aromatic N) is 6. The number of halogens is 4. The van der Waals surface area contributed by atoms with E-state index in [2.05, 4.69) is 26.0 Å². The van der Waals surface area contributed by atoms with Crippen molar-refractivity contribution in [2.24, 2.45) is 7.05 Å². The van der Waals surface area contributed by atoms with Gasteiger partial charge in [0.15, 0.2) is 0 Å². The second kappa shape index (κ2) is 11.2. The number of alkyl halides is 3. The minimum absolute atomic E-state index is 0.0149. The third-order valence-corrected chi connectivity index (χ3v) is 7.28. The van der Waals surface area contributed by atoms with E-state index in [0.29, 0.717) is 11.0 Å². The van der Waals surface area contributed by atoms with Crippen LogP contribution >= 0.6 is 15.9 Å². The molecule has 0 saturated heterocycles. The van der Waals surface area contributed by atoms with E-state index < -0.39 is 24.2 Å². The summed E-state index contributed by atoms with van der Waals surface area (Å²) in [6.07, 6.45) is -0.142. The zero-order valence-electron chi connectivity index (χ0n) is 21.9. The van der Waals surface area contributed by atoms with E-state index in [1.54, 1.807) is 27.4 Å². The number of pyridine rings is 1. The number of hydrogen-bond donors (Lipinski definition) is 2. The molecule has 0 radical (unpaired) electrons. The molecule has 4 aromatic rings. The normalized spacial score (nSPS) is 13.8. The number of aryl methyl sites for hydroxylation is 1. The maximum absolute atomic E-state index is 13.5. The molecule has 0 amide bonds. The molecule has 218 valence electrons. The largest absolute Gasteiger partial charge is 0.478 e. The Labute approximate surface area is 240 Å². The molecule has 1 saturated carbocycles. The molecule has 3 N–H and O–H groups in total. The van der Waals surface area contributed by atoms with Crippen molar-refractivity contribution in [1.82, 2.24) is 28.8 Å². The van der Waals surface area contributed by atoms with Gasteiger partial charge in [-0.3, -0.25) is 9.69 Å². The number of aromatic carboxylic acids is 1. The van der Waals surface area contributed by atoms with Crippen LogP contribution in [0.2, 0.25) is 0 Å². The van der Waals surface area contributed by atoms with Crippen molar-refractivity contribution in [3.63, 3.8) is 0 Å². The number of imidazole rings is 1. The van der Waals surface area contributed by atoms with Gasteiger partial charge in [-0.15, -0.1) is 0 Å². The molecule has 0 atom stereocenters. The minimum Gasteiger partial charge on any atom is -0.478 e. The lowest BCUT2D eigenvalue weighted by atomic mass is 10.1. The number of benzene rings is 1. The fraction of sp³-hybridized carbons (Fsp3) is 0.385. The van der Waals surface area contributed by atoms with Gasteiger partial charge in [0.25, 0.3) is 5.56 Å². The fourth-order valence-electron chi connectivity index (χ4n) is 4.67. The molecular weight excluding hydrogens is 611 g/mol. The minimum atomic E-state index is -4.45. The number of anilines is 1. The molecule has 1 aliphatic carbocycles. The molecule has 11 nitrogen and oxygen atoms in total. The van der Waals surface area contributed by atoms with Crippen molar-refractivity contribution in [2.75, 3.05) is 32.0 Å². The topological polar surface area (TPSA) is 133 Å². The van der Waals surface area contributed by atoms with Gasteiger partial charge in [-0.05, 0) is 37.1 Å². The van der Waals surface area contributed by atoms with E-state index in [9.17, 15) is 27.9 Å². The average molecular weight is 638 g/mol. The highest BCUT2D eigenvalue weighted by Crippen LogP contribution is 2.41. The second-order valence-corrected chi connectivity index (χ2v) is 10.8. The lowest BCUT2D eigenvalue weighted by molar-refractivity contribution is -0.146. The maximum atomic E-state index is 13.5. The van der Waals surface area contributed by atoms with Crippen LogP contribution in [0.4, 0.5) is 19.1 Å². The van der Waals surface area contributed by atoms with Gasteiger partial charge in [-0.25, -0.2) is 14.5 Å². The standard InChI is InChI=1S/C26H27BrF3N7O4/c1-34-13-15(24(39)40)10-18(22(34)38)19-12-32-37(17-3-4-17)23(19)41-9-8-35(14-26(28,29)30)6-7-36-21-11-16(27)2-5-20(21)33-25(36)31/h2,5,10-13,17H,3-4,6-9,14H2,1H3,(H2,31,33)(H,39,40). The van der Waals surface area contributed by atoms with Gasteiger partial charge < -0.3 is 24.7 Å². The Bertz CT molecular complexity index is 1660. The number of aromatic nitrogens is 5. The molecule has 1 aromatic carbocycles. The number of nitrogens with two attached hydrogens (primary N) is 1. The van der Waals surface area contributed by atoms with Crippen molar-refractivity contribution in [1.29, 1.82) is 0 Å². The number of carboxylic acid groups (broad SMARTS) is 1. The van der Waals surface area contributed by atoms with Crippen LogP contribution in [0.25, 0.3) is 22.2 Å². The van der Waals surface area contributed by atoms with Gasteiger partial charge in [0, 0.05) is 37.4 Å². The van der Waals surface area contributed by atoms with E-state index in [0.717, 1.165) is 21.9 Å². The molecule has 1 aliphatic rings. The summed E-state index contributed by atoms with van der Waals surface area (Å²) >= 11 is 3.40. The predicted molar refractivity (Wildman–Crippen MR) is 148 cm³/mol. The Morgan fingerprint density at radius 2 is 2.00 bits per heavy atom. The SMILES string of the molecule is Cn1cc(C(=O)O)cc(-c2cnn(C3CC3)c2OCCN(CCn2c(N)nc3ccc(Br)cc32)CC(F)(F)F)c1=O. The zero-order chi connectivity index (χ0) is 29.5. The molecule has 0 unspecified atom stereocenters. The lowest BCUT2D eigenvalue weighted by Crippen LogP contribution is -2.39. The third-order valence-electron chi connectivity index (χ3n) is 6.79. The highest BCUT2D eigenvalue weighted by molar-refractivity contribution is 9.10. The van der Waals surface area contributed by atoms with Crippen LogP contribution < -0.4 is 16.0 Å². The number of ether oxygens (including phenoxy) is 1. The van der Waals surface area contributed by atoms with Crippen molar-refractivity contribution in [2.45, 2.75) is 31.6 Å². The number of carbonyl (C=O) groups is 1. The Morgan fingerprint density at radius 3 is 2.68 bits per heavy atom. The quantitative estimate of drug-likeness (QED) is 0.253. The molecule has 3 aromatic heterocycles. The van der Waals surface area contributed by atoms with E-state index in [4.69, 9.17) is 10.5 Å². The van der Waals surface area contributed by atoms with Gasteiger partial charge in [0.2, 0.25) is 11.8 Å². The molecule has 3 heterocycles. The predicted octanol–water partition coefficient (Wildman–Crippen LogP) is 3.92. The summed E-state index contributed by atoms with van der Waals surface area (Å²) < 4.78 is 51.6. The van der Waals surface area contributed by atoms with Crippen molar-refractivity contribution in [3.05, 3.63) is 57.0 Å². The Morgan fingerprint density at radius 1 is 1.24 bits per heavy atom. The lowest BCUT2D eigenvalue weighted by Gasteiger charge is -2.24. The van der Waals surface area contributed by atoms with E-state index in [1.165, 1.54) is 30.4 Å². The van der Waals surface area contributed by atoms with E-state index in [-0.39, 0.29) is 60.8 Å². The molecule has 0 spiro atoms.